The van der Waals surface area contributed by atoms with Gasteiger partial charge < -0.3 is 14.9 Å². The quantitative estimate of drug-likeness (QED) is 0.155. The van der Waals surface area contributed by atoms with Gasteiger partial charge in [0.05, 0.1) is 25.4 Å². The summed E-state index contributed by atoms with van der Waals surface area (Å²) in [6, 6.07) is 0. The monoisotopic (exact) mass is 444 g/mol. The van der Waals surface area contributed by atoms with Crippen molar-refractivity contribution in [1.82, 2.24) is 0 Å². The molecule has 0 fully saturated rings. The third-order valence-electron chi connectivity index (χ3n) is 6.00. The van der Waals surface area contributed by atoms with E-state index >= 15 is 0 Å². The van der Waals surface area contributed by atoms with E-state index in [4.69, 9.17) is 14.9 Å². The van der Waals surface area contributed by atoms with E-state index in [0.717, 1.165) is 0 Å². The SMILES string of the molecule is CCCCCCCC(CCCCC)OC(CCCCC)CCCCCCC.OCCO. The van der Waals surface area contributed by atoms with Crippen molar-refractivity contribution in [3.8, 4) is 0 Å². The molecule has 0 radical (unpaired) electrons. The second kappa shape index (κ2) is 29.9. The predicted molar refractivity (Wildman–Crippen MR) is 138 cm³/mol. The first-order valence-electron chi connectivity index (χ1n) is 14.1. The third-order valence-corrected chi connectivity index (χ3v) is 6.00. The molecule has 3 heteroatoms. The molecule has 0 spiro atoms. The van der Waals surface area contributed by atoms with Crippen molar-refractivity contribution in [2.75, 3.05) is 13.2 Å². The molecule has 0 aliphatic heterocycles. The molecule has 3 nitrogen and oxygen atoms in total. The number of aliphatic hydroxyl groups is 2. The Morgan fingerprint density at radius 3 is 0.968 bits per heavy atom. The lowest BCUT2D eigenvalue weighted by Crippen LogP contribution is -2.23. The number of hydrogen-bond donors (Lipinski definition) is 2. The molecular formula is C28H60O3. The Labute approximate surface area is 196 Å². The first kappa shape index (κ1) is 33.1. The molecular weight excluding hydrogens is 384 g/mol. The van der Waals surface area contributed by atoms with E-state index in [9.17, 15) is 0 Å². The normalized spacial score (nSPS) is 13.0. The molecule has 0 heterocycles. The van der Waals surface area contributed by atoms with Crippen LogP contribution in [0.2, 0.25) is 0 Å². The standard InChI is InChI=1S/C26H54O.C2H6O2/c1-5-9-13-15-19-23-25(21-17-11-7-3)27-26(22-18-12-8-4)24-20-16-14-10-6-2;3-1-2-4/h25-26H,5-24H2,1-4H3;3-4H,1-2H2. The Morgan fingerprint density at radius 1 is 0.419 bits per heavy atom. The summed E-state index contributed by atoms with van der Waals surface area (Å²) in [6.07, 6.45) is 28.2. The molecule has 0 saturated carbocycles. The fraction of sp³-hybridized carbons (Fsp3) is 1.00. The van der Waals surface area contributed by atoms with Gasteiger partial charge in [0.15, 0.2) is 0 Å². The Hall–Kier alpha value is -0.120. The maximum absolute atomic E-state index is 7.62. The van der Waals surface area contributed by atoms with Crippen molar-refractivity contribution in [2.24, 2.45) is 0 Å². The van der Waals surface area contributed by atoms with E-state index in [-0.39, 0.29) is 13.2 Å². The van der Waals surface area contributed by atoms with Gasteiger partial charge in [-0.15, -0.1) is 0 Å². The first-order valence-corrected chi connectivity index (χ1v) is 14.1. The lowest BCUT2D eigenvalue weighted by molar-refractivity contribution is -0.0323. The Bertz CT molecular complexity index is 268. The smallest absolute Gasteiger partial charge is 0.0662 e. The molecule has 2 N–H and O–H groups in total. The van der Waals surface area contributed by atoms with Crippen molar-refractivity contribution >= 4 is 0 Å². The zero-order valence-electron chi connectivity index (χ0n) is 22.0. The van der Waals surface area contributed by atoms with Crippen LogP contribution in [0.15, 0.2) is 0 Å². The molecule has 0 bridgehead atoms. The molecule has 0 saturated heterocycles. The van der Waals surface area contributed by atoms with Gasteiger partial charge in [0, 0.05) is 0 Å². The van der Waals surface area contributed by atoms with Gasteiger partial charge in [-0.05, 0) is 25.7 Å². The molecule has 190 valence electrons. The highest BCUT2D eigenvalue weighted by molar-refractivity contribution is 4.66. The van der Waals surface area contributed by atoms with Crippen LogP contribution in [0.4, 0.5) is 0 Å². The summed E-state index contributed by atoms with van der Waals surface area (Å²) < 4.78 is 6.76. The zero-order chi connectivity index (χ0) is 23.4. The van der Waals surface area contributed by atoms with Crippen LogP contribution in [-0.4, -0.2) is 35.6 Å². The average molecular weight is 445 g/mol. The number of rotatable bonds is 23. The van der Waals surface area contributed by atoms with E-state index in [1.807, 2.05) is 0 Å². The Morgan fingerprint density at radius 2 is 0.677 bits per heavy atom. The summed E-state index contributed by atoms with van der Waals surface area (Å²) in [5, 5.41) is 15.2. The molecule has 0 aliphatic carbocycles. The van der Waals surface area contributed by atoms with Gasteiger partial charge >= 0.3 is 0 Å². The molecule has 2 atom stereocenters. The largest absolute Gasteiger partial charge is 0.394 e. The summed E-state index contributed by atoms with van der Waals surface area (Å²) >= 11 is 0. The summed E-state index contributed by atoms with van der Waals surface area (Å²) in [5.41, 5.74) is 0. The zero-order valence-corrected chi connectivity index (χ0v) is 22.0. The van der Waals surface area contributed by atoms with E-state index in [2.05, 4.69) is 27.7 Å². The number of ether oxygens (including phenoxy) is 1. The van der Waals surface area contributed by atoms with Crippen LogP contribution >= 0.6 is 0 Å². The van der Waals surface area contributed by atoms with Crippen molar-refractivity contribution in [2.45, 2.75) is 168 Å². The van der Waals surface area contributed by atoms with Gasteiger partial charge in [-0.1, -0.05) is 130 Å². The van der Waals surface area contributed by atoms with Crippen LogP contribution in [0, 0.1) is 0 Å². The maximum atomic E-state index is 7.62. The first-order chi connectivity index (χ1) is 15.2. The second-order valence-corrected chi connectivity index (χ2v) is 9.22. The second-order valence-electron chi connectivity index (χ2n) is 9.22. The van der Waals surface area contributed by atoms with Gasteiger partial charge in [0.1, 0.15) is 0 Å². The molecule has 0 aromatic carbocycles. The predicted octanol–water partition coefficient (Wildman–Crippen LogP) is 8.59. The molecule has 0 amide bonds. The molecule has 0 aromatic heterocycles. The highest BCUT2D eigenvalue weighted by Crippen LogP contribution is 2.22. The van der Waals surface area contributed by atoms with E-state index in [1.54, 1.807) is 0 Å². The lowest BCUT2D eigenvalue weighted by Gasteiger charge is -2.26. The summed E-state index contributed by atoms with van der Waals surface area (Å²) in [6.45, 7) is 8.98. The van der Waals surface area contributed by atoms with Crippen LogP contribution in [0.1, 0.15) is 156 Å². The van der Waals surface area contributed by atoms with E-state index in [1.165, 1.54) is 128 Å². The van der Waals surface area contributed by atoms with Crippen LogP contribution in [0.25, 0.3) is 0 Å². The molecule has 31 heavy (non-hydrogen) atoms. The molecule has 0 aromatic rings. The van der Waals surface area contributed by atoms with Crippen LogP contribution < -0.4 is 0 Å². The Balaban J connectivity index is 0. The third kappa shape index (κ3) is 27.8. The van der Waals surface area contributed by atoms with Crippen LogP contribution in [0.3, 0.4) is 0 Å². The van der Waals surface area contributed by atoms with Crippen molar-refractivity contribution in [1.29, 1.82) is 0 Å². The van der Waals surface area contributed by atoms with Gasteiger partial charge in [0.2, 0.25) is 0 Å². The van der Waals surface area contributed by atoms with Crippen molar-refractivity contribution in [3.63, 3.8) is 0 Å². The highest BCUT2D eigenvalue weighted by atomic mass is 16.5. The molecule has 2 unspecified atom stereocenters. The molecule has 0 rings (SSSR count). The van der Waals surface area contributed by atoms with E-state index < -0.39 is 0 Å². The van der Waals surface area contributed by atoms with E-state index in [0.29, 0.717) is 12.2 Å². The van der Waals surface area contributed by atoms with Gasteiger partial charge in [-0.3, -0.25) is 0 Å². The van der Waals surface area contributed by atoms with Gasteiger partial charge in [0.25, 0.3) is 0 Å². The maximum Gasteiger partial charge on any atom is 0.0662 e. The lowest BCUT2D eigenvalue weighted by atomic mass is 10.0. The summed E-state index contributed by atoms with van der Waals surface area (Å²) in [7, 11) is 0. The topological polar surface area (TPSA) is 49.7 Å². The minimum Gasteiger partial charge on any atom is -0.394 e. The highest BCUT2D eigenvalue weighted by Gasteiger charge is 2.16. The number of aliphatic hydroxyl groups excluding tert-OH is 2. The van der Waals surface area contributed by atoms with Gasteiger partial charge in [-0.25, -0.2) is 0 Å². The summed E-state index contributed by atoms with van der Waals surface area (Å²) in [5.74, 6) is 0. The minimum atomic E-state index is -0.125. The van der Waals surface area contributed by atoms with Crippen molar-refractivity contribution in [3.05, 3.63) is 0 Å². The van der Waals surface area contributed by atoms with Crippen LogP contribution in [-0.2, 0) is 4.74 Å². The number of hydrogen-bond acceptors (Lipinski definition) is 3. The van der Waals surface area contributed by atoms with Crippen molar-refractivity contribution < 1.29 is 14.9 Å². The fourth-order valence-electron chi connectivity index (χ4n) is 4.03. The Kier molecular flexibility index (Phi) is 31.9. The number of unbranched alkanes of at least 4 members (excludes halogenated alkanes) is 12. The fourth-order valence-corrected chi connectivity index (χ4v) is 4.03. The van der Waals surface area contributed by atoms with Gasteiger partial charge in [-0.2, -0.15) is 0 Å². The average Bonchev–Trinajstić information content (AvgIpc) is 2.78. The summed E-state index contributed by atoms with van der Waals surface area (Å²) in [4.78, 5) is 0. The minimum absolute atomic E-state index is 0.125. The molecule has 0 aliphatic rings. The van der Waals surface area contributed by atoms with Crippen LogP contribution in [0.5, 0.6) is 0 Å².